The molecule has 0 N–H and O–H groups in total. The van der Waals surface area contributed by atoms with E-state index >= 15 is 0 Å². The number of alkyl halides is 5. The number of hydrogen-bond acceptors (Lipinski definition) is 8. The Morgan fingerprint density at radius 3 is 2.45 bits per heavy atom. The molecule has 4 aromatic rings. The van der Waals surface area contributed by atoms with Crippen LogP contribution >= 0.6 is 11.8 Å². The second-order valence-corrected chi connectivity index (χ2v) is 9.54. The summed E-state index contributed by atoms with van der Waals surface area (Å²) in [5.41, 5.74) is 1.97. The lowest BCUT2D eigenvalue weighted by Gasteiger charge is -2.28. The van der Waals surface area contributed by atoms with Gasteiger partial charge >= 0.3 is 13.0 Å². The van der Waals surface area contributed by atoms with Gasteiger partial charge in [-0.05, 0) is 42.0 Å². The minimum absolute atomic E-state index is 0.144. The summed E-state index contributed by atoms with van der Waals surface area (Å²) in [6.07, 6.45) is -1.69. The molecule has 1 saturated heterocycles. The molecule has 1 amide bonds. The molecule has 0 radical (unpaired) electrons. The highest BCUT2D eigenvalue weighted by atomic mass is 32.2. The van der Waals surface area contributed by atoms with Gasteiger partial charge in [0.25, 0.3) is 0 Å². The first-order valence-corrected chi connectivity index (χ1v) is 13.1. The number of halogens is 5. The van der Waals surface area contributed by atoms with Gasteiger partial charge in [-0.2, -0.15) is 13.9 Å². The van der Waals surface area contributed by atoms with Gasteiger partial charge in [-0.25, -0.2) is 9.67 Å². The molecule has 1 aliphatic heterocycles. The summed E-state index contributed by atoms with van der Waals surface area (Å²) in [6.45, 7) is -3.06. The van der Waals surface area contributed by atoms with E-state index in [1.165, 1.54) is 76.4 Å². The Balaban J connectivity index is 1.28. The van der Waals surface area contributed by atoms with Crippen LogP contribution in [0.4, 0.5) is 27.6 Å². The highest BCUT2D eigenvalue weighted by Gasteiger charge is 2.31. The van der Waals surface area contributed by atoms with E-state index in [9.17, 15) is 26.7 Å². The standard InChI is InChI=1S/C27H19F5N6O3S/c28-25(29)40-22-4-2-1-3-21(22)38-23(39)13-14-42-26(38)35-34-15-17-5-7-18(8-6-17)24-33-16-37(36-24)19-9-11-20(12-10-19)41-27(30,31)32/h1-12,15-16,25H,13-14H2. The Kier molecular flexibility index (Phi) is 8.47. The molecule has 15 heteroatoms. The number of amidine groups is 1. The number of hydrogen-bond donors (Lipinski definition) is 0. The number of nitrogens with zero attached hydrogens (tertiary/aromatic N) is 6. The first-order valence-electron chi connectivity index (χ1n) is 12.2. The predicted octanol–water partition coefficient (Wildman–Crippen LogP) is 6.29. The highest BCUT2D eigenvalue weighted by molar-refractivity contribution is 8.14. The number of rotatable bonds is 8. The van der Waals surface area contributed by atoms with Crippen molar-refractivity contribution >= 4 is 34.7 Å². The third-order valence-corrected chi connectivity index (χ3v) is 6.59. The molecular weight excluding hydrogens is 583 g/mol. The van der Waals surface area contributed by atoms with Crippen LogP contribution in [-0.2, 0) is 4.79 Å². The highest BCUT2D eigenvalue weighted by Crippen LogP contribution is 2.34. The average molecular weight is 603 g/mol. The van der Waals surface area contributed by atoms with Crippen LogP contribution in [0.3, 0.4) is 0 Å². The molecule has 9 nitrogen and oxygen atoms in total. The number of aromatic nitrogens is 3. The zero-order chi connectivity index (χ0) is 29.7. The molecule has 0 bridgehead atoms. The van der Waals surface area contributed by atoms with Crippen LogP contribution in [0, 0.1) is 0 Å². The minimum atomic E-state index is -4.78. The Labute approximate surface area is 239 Å². The van der Waals surface area contributed by atoms with Crippen molar-refractivity contribution in [3.05, 3.63) is 84.7 Å². The first kappa shape index (κ1) is 28.7. The summed E-state index contributed by atoms with van der Waals surface area (Å²) in [7, 11) is 0. The topological polar surface area (TPSA) is 94.2 Å². The Morgan fingerprint density at radius 1 is 1.00 bits per heavy atom. The van der Waals surface area contributed by atoms with Crippen molar-refractivity contribution in [1.29, 1.82) is 0 Å². The third-order valence-electron chi connectivity index (χ3n) is 5.66. The van der Waals surface area contributed by atoms with Gasteiger partial charge in [0.05, 0.1) is 17.6 Å². The van der Waals surface area contributed by atoms with E-state index in [1.807, 2.05) is 0 Å². The second kappa shape index (κ2) is 12.4. The second-order valence-electron chi connectivity index (χ2n) is 8.48. The van der Waals surface area contributed by atoms with Crippen LogP contribution in [0.5, 0.6) is 11.5 Å². The molecule has 5 rings (SSSR count). The Hall–Kier alpha value is -4.79. The number of amides is 1. The van der Waals surface area contributed by atoms with Crippen molar-refractivity contribution in [1.82, 2.24) is 14.8 Å². The molecule has 1 aromatic heterocycles. The van der Waals surface area contributed by atoms with Crippen molar-refractivity contribution in [2.45, 2.75) is 19.4 Å². The largest absolute Gasteiger partial charge is 0.573 e. The van der Waals surface area contributed by atoms with Crippen molar-refractivity contribution < 1.29 is 36.2 Å². The van der Waals surface area contributed by atoms with E-state index in [0.717, 1.165) is 0 Å². The lowest BCUT2D eigenvalue weighted by atomic mass is 10.1. The van der Waals surface area contributed by atoms with E-state index < -0.39 is 13.0 Å². The molecule has 216 valence electrons. The summed E-state index contributed by atoms with van der Waals surface area (Å²) < 4.78 is 72.8. The van der Waals surface area contributed by atoms with Gasteiger partial charge < -0.3 is 9.47 Å². The fourth-order valence-corrected chi connectivity index (χ4v) is 4.74. The van der Waals surface area contributed by atoms with Crippen molar-refractivity contribution in [3.8, 4) is 28.6 Å². The summed E-state index contributed by atoms with van der Waals surface area (Å²) in [5, 5.41) is 12.8. The molecular formula is C27H19F5N6O3S. The number of anilines is 1. The van der Waals surface area contributed by atoms with E-state index in [-0.39, 0.29) is 34.7 Å². The third kappa shape index (κ3) is 7.09. The van der Waals surface area contributed by atoms with Gasteiger partial charge in [0, 0.05) is 17.7 Å². The predicted molar refractivity (Wildman–Crippen MR) is 146 cm³/mol. The summed E-state index contributed by atoms with van der Waals surface area (Å²) in [4.78, 5) is 18.2. The molecule has 0 unspecified atom stereocenters. The normalized spacial score (nSPS) is 15.1. The van der Waals surface area contributed by atoms with Gasteiger partial charge in [0.15, 0.2) is 11.0 Å². The lowest BCUT2D eigenvalue weighted by Crippen LogP contribution is -2.39. The Morgan fingerprint density at radius 2 is 1.74 bits per heavy atom. The van der Waals surface area contributed by atoms with E-state index in [4.69, 9.17) is 0 Å². The van der Waals surface area contributed by atoms with E-state index in [2.05, 4.69) is 29.8 Å². The van der Waals surface area contributed by atoms with Crippen LogP contribution in [0.15, 0.2) is 89.3 Å². The van der Waals surface area contributed by atoms with Crippen LogP contribution in [0.25, 0.3) is 17.1 Å². The minimum Gasteiger partial charge on any atom is -0.433 e. The molecule has 1 aliphatic rings. The molecule has 0 spiro atoms. The van der Waals surface area contributed by atoms with Crippen molar-refractivity contribution in [2.75, 3.05) is 10.7 Å². The zero-order valence-corrected chi connectivity index (χ0v) is 22.1. The smallest absolute Gasteiger partial charge is 0.433 e. The SMILES string of the molecule is O=C1CCSC(=NN=Cc2ccc(-c3ncn(-c4ccc(OC(F)(F)F)cc4)n3)cc2)N1c1ccccc1OC(F)F. The lowest BCUT2D eigenvalue weighted by molar-refractivity contribution is -0.274. The molecule has 2 heterocycles. The molecule has 1 fully saturated rings. The number of carbonyl (C=O) groups is 1. The number of benzene rings is 3. The summed E-state index contributed by atoms with van der Waals surface area (Å²) >= 11 is 1.26. The van der Waals surface area contributed by atoms with Crippen LogP contribution in [0.1, 0.15) is 12.0 Å². The van der Waals surface area contributed by atoms with E-state index in [0.29, 0.717) is 28.4 Å². The van der Waals surface area contributed by atoms with Gasteiger partial charge in [-0.15, -0.1) is 23.4 Å². The van der Waals surface area contributed by atoms with Crippen LogP contribution in [0.2, 0.25) is 0 Å². The Bertz CT molecular complexity index is 1610. The van der Waals surface area contributed by atoms with Crippen molar-refractivity contribution in [3.63, 3.8) is 0 Å². The quantitative estimate of drug-likeness (QED) is 0.134. The molecule has 0 saturated carbocycles. The van der Waals surface area contributed by atoms with E-state index in [1.54, 1.807) is 30.3 Å². The molecule has 0 atom stereocenters. The van der Waals surface area contributed by atoms with Crippen LogP contribution < -0.4 is 14.4 Å². The number of carbonyl (C=O) groups excluding carboxylic acids is 1. The maximum atomic E-state index is 12.9. The maximum absolute atomic E-state index is 12.9. The number of ether oxygens (including phenoxy) is 2. The monoisotopic (exact) mass is 602 g/mol. The fourth-order valence-electron chi connectivity index (χ4n) is 3.84. The molecule has 42 heavy (non-hydrogen) atoms. The van der Waals surface area contributed by atoms with Gasteiger partial charge in [-0.3, -0.25) is 9.69 Å². The molecule has 0 aliphatic carbocycles. The number of thioether (sulfide) groups is 1. The first-order chi connectivity index (χ1) is 20.2. The summed E-state index contributed by atoms with van der Waals surface area (Å²) in [6, 6.07) is 18.1. The number of para-hydroxylation sites is 2. The summed E-state index contributed by atoms with van der Waals surface area (Å²) in [5.74, 6) is 0.0169. The maximum Gasteiger partial charge on any atom is 0.573 e. The molecule has 3 aromatic carbocycles. The van der Waals surface area contributed by atoms with Gasteiger partial charge in [0.1, 0.15) is 17.8 Å². The average Bonchev–Trinajstić information content (AvgIpc) is 3.44. The van der Waals surface area contributed by atoms with Gasteiger partial charge in [0.2, 0.25) is 5.91 Å². The zero-order valence-electron chi connectivity index (χ0n) is 21.3. The fraction of sp³-hybridized carbons (Fsp3) is 0.148. The van der Waals surface area contributed by atoms with Crippen molar-refractivity contribution in [2.24, 2.45) is 10.2 Å². The van der Waals surface area contributed by atoms with Crippen LogP contribution in [-0.4, -0.2) is 50.8 Å². The van der Waals surface area contributed by atoms with Gasteiger partial charge in [-0.1, -0.05) is 48.2 Å².